The monoisotopic (exact) mass is 397 g/mol. The van der Waals surface area contributed by atoms with Crippen LogP contribution in [0.25, 0.3) is 5.00 Å². The van der Waals surface area contributed by atoms with Gasteiger partial charge in [-0.25, -0.2) is 0 Å². The van der Waals surface area contributed by atoms with E-state index >= 15 is 0 Å². The highest BCUT2D eigenvalue weighted by molar-refractivity contribution is 7.13. The van der Waals surface area contributed by atoms with Crippen LogP contribution in [0.15, 0.2) is 36.0 Å². The van der Waals surface area contributed by atoms with Crippen molar-refractivity contribution in [1.82, 2.24) is 19.4 Å². The van der Waals surface area contributed by atoms with Crippen LogP contribution in [0.3, 0.4) is 0 Å². The zero-order chi connectivity index (χ0) is 19.7. The van der Waals surface area contributed by atoms with Crippen molar-refractivity contribution in [2.24, 2.45) is 0 Å². The average Bonchev–Trinajstić information content (AvgIpc) is 3.33. The first-order valence-electron chi connectivity index (χ1n) is 9.21. The molecule has 1 fully saturated rings. The van der Waals surface area contributed by atoms with Gasteiger partial charge in [-0.2, -0.15) is 4.98 Å². The van der Waals surface area contributed by atoms with Crippen molar-refractivity contribution in [3.05, 3.63) is 52.9 Å². The van der Waals surface area contributed by atoms with Gasteiger partial charge in [0.05, 0.1) is 25.1 Å². The zero-order valence-corrected chi connectivity index (χ0v) is 17.1. The fraction of sp³-hybridized carbons (Fsp3) is 0.350. The molecule has 0 atom stereocenters. The highest BCUT2D eigenvalue weighted by atomic mass is 32.1. The number of aryl methyl sites for hydroxylation is 2. The minimum absolute atomic E-state index is 0.0835. The van der Waals surface area contributed by atoms with Crippen LogP contribution in [0.4, 0.5) is 5.82 Å². The molecule has 1 amide bonds. The Morgan fingerprint density at radius 2 is 1.79 bits per heavy atom. The smallest absolute Gasteiger partial charge is 0.256 e. The largest absolute Gasteiger partial charge is 0.480 e. The quantitative estimate of drug-likeness (QED) is 0.677. The maximum Gasteiger partial charge on any atom is 0.256 e. The highest BCUT2D eigenvalue weighted by Gasteiger charge is 2.26. The summed E-state index contributed by atoms with van der Waals surface area (Å²) in [6, 6.07) is 6.09. The number of hydrogen-bond acceptors (Lipinski definition) is 6. The third-order valence-corrected chi connectivity index (χ3v) is 5.95. The van der Waals surface area contributed by atoms with E-state index in [0.717, 1.165) is 27.8 Å². The lowest BCUT2D eigenvalue weighted by Gasteiger charge is -2.35. The van der Waals surface area contributed by atoms with Crippen LogP contribution in [-0.4, -0.2) is 58.6 Å². The Morgan fingerprint density at radius 1 is 1.07 bits per heavy atom. The molecule has 146 valence electrons. The molecule has 0 aliphatic carbocycles. The molecule has 1 aliphatic rings. The topological polar surface area (TPSA) is 63.5 Å². The summed E-state index contributed by atoms with van der Waals surface area (Å²) in [4.78, 5) is 25.9. The van der Waals surface area contributed by atoms with Gasteiger partial charge in [0.15, 0.2) is 5.82 Å². The van der Waals surface area contributed by atoms with Crippen molar-refractivity contribution in [3.63, 3.8) is 0 Å². The number of amides is 1. The number of carbonyl (C=O) groups excluding carboxylic acids is 1. The van der Waals surface area contributed by atoms with E-state index in [-0.39, 0.29) is 5.91 Å². The van der Waals surface area contributed by atoms with Gasteiger partial charge in [-0.3, -0.25) is 9.78 Å². The predicted octanol–water partition coefficient (Wildman–Crippen LogP) is 2.92. The van der Waals surface area contributed by atoms with E-state index in [9.17, 15) is 4.79 Å². The molecule has 0 radical (unpaired) electrons. The first kappa shape index (κ1) is 18.5. The summed E-state index contributed by atoms with van der Waals surface area (Å²) in [6.45, 7) is 6.86. The second kappa shape index (κ2) is 7.63. The maximum atomic E-state index is 13.2. The van der Waals surface area contributed by atoms with E-state index in [1.807, 2.05) is 16.3 Å². The van der Waals surface area contributed by atoms with Crippen molar-refractivity contribution < 1.29 is 9.53 Å². The third kappa shape index (κ3) is 3.35. The number of piperazine rings is 1. The van der Waals surface area contributed by atoms with E-state index < -0.39 is 0 Å². The van der Waals surface area contributed by atoms with Crippen LogP contribution < -0.4 is 9.64 Å². The average molecular weight is 398 g/mol. The number of nitrogens with zero attached hydrogens (tertiary/aromatic N) is 5. The van der Waals surface area contributed by atoms with Crippen LogP contribution in [0, 0.1) is 13.8 Å². The number of ether oxygens (including phenoxy) is 1. The molecule has 0 unspecified atom stereocenters. The number of aromatic nitrogens is 3. The van der Waals surface area contributed by atoms with Gasteiger partial charge in [0, 0.05) is 37.6 Å². The van der Waals surface area contributed by atoms with Gasteiger partial charge in [-0.05, 0) is 37.4 Å². The van der Waals surface area contributed by atoms with Crippen molar-refractivity contribution >= 4 is 23.1 Å². The van der Waals surface area contributed by atoms with Crippen LogP contribution in [0.2, 0.25) is 0 Å². The molecular formula is C20H23N5O2S. The molecule has 3 aromatic rings. The second-order valence-electron chi connectivity index (χ2n) is 6.79. The number of hydrogen-bond donors (Lipinski definition) is 0. The van der Waals surface area contributed by atoms with Gasteiger partial charge in [-0.1, -0.05) is 0 Å². The summed E-state index contributed by atoms with van der Waals surface area (Å²) in [6.07, 6.45) is 3.32. The third-order valence-electron chi connectivity index (χ3n) is 5.05. The summed E-state index contributed by atoms with van der Waals surface area (Å²) >= 11 is 1.60. The molecule has 8 heteroatoms. The Labute approximate surface area is 168 Å². The molecule has 28 heavy (non-hydrogen) atoms. The Hall–Kier alpha value is -2.87. The predicted molar refractivity (Wildman–Crippen MR) is 110 cm³/mol. The summed E-state index contributed by atoms with van der Waals surface area (Å²) in [7, 11) is 1.58. The molecule has 0 N–H and O–H groups in total. The van der Waals surface area contributed by atoms with Gasteiger partial charge < -0.3 is 19.1 Å². The Balaban J connectivity index is 1.49. The van der Waals surface area contributed by atoms with Gasteiger partial charge >= 0.3 is 0 Å². The zero-order valence-electron chi connectivity index (χ0n) is 16.3. The number of rotatable bonds is 4. The van der Waals surface area contributed by atoms with E-state index in [1.54, 1.807) is 30.8 Å². The standard InChI is InChI=1S/C20H23N5O2S/c1-14-4-5-15(2)25(14)20-16(6-11-28-20)19(26)24-9-7-23(8-10-24)17-12-21-13-18(22-17)27-3/h4-6,11-13H,7-10H2,1-3H3. The molecule has 1 saturated heterocycles. The molecule has 0 bridgehead atoms. The van der Waals surface area contributed by atoms with Crippen molar-refractivity contribution in [3.8, 4) is 10.9 Å². The Morgan fingerprint density at radius 3 is 2.46 bits per heavy atom. The fourth-order valence-corrected chi connectivity index (χ4v) is 4.53. The minimum Gasteiger partial charge on any atom is -0.480 e. The van der Waals surface area contributed by atoms with Gasteiger partial charge in [-0.15, -0.1) is 11.3 Å². The Kier molecular flexibility index (Phi) is 5.04. The summed E-state index contributed by atoms with van der Waals surface area (Å²) in [5, 5.41) is 2.98. The minimum atomic E-state index is 0.0835. The molecule has 4 rings (SSSR count). The van der Waals surface area contributed by atoms with Crippen LogP contribution in [-0.2, 0) is 0 Å². The molecular weight excluding hydrogens is 374 g/mol. The maximum absolute atomic E-state index is 13.2. The first-order valence-corrected chi connectivity index (χ1v) is 10.1. The number of carbonyl (C=O) groups is 1. The van der Waals surface area contributed by atoms with Crippen molar-refractivity contribution in [2.75, 3.05) is 38.2 Å². The lowest BCUT2D eigenvalue weighted by Crippen LogP contribution is -2.49. The van der Waals surface area contributed by atoms with Gasteiger partial charge in [0.1, 0.15) is 5.00 Å². The molecule has 0 saturated carbocycles. The van der Waals surface area contributed by atoms with Crippen LogP contribution in [0.1, 0.15) is 21.7 Å². The molecule has 0 spiro atoms. The second-order valence-corrected chi connectivity index (χ2v) is 7.68. The molecule has 7 nitrogen and oxygen atoms in total. The Bertz CT molecular complexity index is 969. The van der Waals surface area contributed by atoms with E-state index in [2.05, 4.69) is 45.4 Å². The molecule has 1 aliphatic heterocycles. The summed E-state index contributed by atoms with van der Waals surface area (Å²) in [5.41, 5.74) is 3.04. The summed E-state index contributed by atoms with van der Waals surface area (Å²) in [5.74, 6) is 1.36. The van der Waals surface area contributed by atoms with Gasteiger partial charge in [0.25, 0.3) is 5.91 Å². The van der Waals surface area contributed by atoms with Crippen LogP contribution in [0.5, 0.6) is 5.88 Å². The lowest BCUT2D eigenvalue weighted by molar-refractivity contribution is 0.0747. The first-order chi connectivity index (χ1) is 13.6. The van der Waals surface area contributed by atoms with Crippen molar-refractivity contribution in [1.29, 1.82) is 0 Å². The van der Waals surface area contributed by atoms with Crippen LogP contribution >= 0.6 is 11.3 Å². The molecule has 0 aromatic carbocycles. The highest BCUT2D eigenvalue weighted by Crippen LogP contribution is 2.27. The normalized spacial score (nSPS) is 14.4. The molecule has 4 heterocycles. The van der Waals surface area contributed by atoms with E-state index in [4.69, 9.17) is 4.74 Å². The number of thiophene rings is 1. The fourth-order valence-electron chi connectivity index (χ4n) is 3.52. The number of anilines is 1. The van der Waals surface area contributed by atoms with Crippen molar-refractivity contribution in [2.45, 2.75) is 13.8 Å². The number of methoxy groups -OCH3 is 1. The SMILES string of the molecule is COc1cncc(N2CCN(C(=O)c3ccsc3-n3c(C)ccc3C)CC2)n1. The van der Waals surface area contributed by atoms with Gasteiger partial charge in [0.2, 0.25) is 5.88 Å². The summed E-state index contributed by atoms with van der Waals surface area (Å²) < 4.78 is 7.31. The van der Waals surface area contributed by atoms with E-state index in [1.165, 1.54) is 0 Å². The lowest BCUT2D eigenvalue weighted by atomic mass is 10.2. The van der Waals surface area contributed by atoms with E-state index in [0.29, 0.717) is 32.1 Å². The molecule has 3 aromatic heterocycles.